The van der Waals surface area contributed by atoms with Crippen molar-refractivity contribution in [2.75, 3.05) is 5.73 Å². The molecule has 0 amide bonds. The van der Waals surface area contributed by atoms with Crippen molar-refractivity contribution in [1.29, 1.82) is 0 Å². The van der Waals surface area contributed by atoms with E-state index in [2.05, 4.69) is 9.97 Å². The highest BCUT2D eigenvalue weighted by Gasteiger charge is 2.33. The molecule has 0 unspecified atom stereocenters. The maximum atomic E-state index is 12.5. The molecule has 0 saturated heterocycles. The number of nitro groups is 1. The van der Waals surface area contributed by atoms with E-state index in [0.29, 0.717) is 12.1 Å². The first-order chi connectivity index (χ1) is 9.77. The third-order valence-corrected chi connectivity index (χ3v) is 2.35. The monoisotopic (exact) mass is 300 g/mol. The summed E-state index contributed by atoms with van der Waals surface area (Å²) in [6, 6.07) is 3.17. The van der Waals surface area contributed by atoms with E-state index in [1.165, 1.54) is 12.3 Å². The SMILES string of the molecule is Nc1nccc(Oc2ccc(C(F)(F)F)cc2[N+](=O)[O-])n1. The van der Waals surface area contributed by atoms with Crippen LogP contribution in [0.25, 0.3) is 0 Å². The highest BCUT2D eigenvalue weighted by atomic mass is 19.4. The maximum absolute atomic E-state index is 12.5. The fourth-order valence-electron chi connectivity index (χ4n) is 1.45. The molecule has 1 heterocycles. The first-order valence-electron chi connectivity index (χ1n) is 5.39. The minimum Gasteiger partial charge on any atom is -0.432 e. The molecule has 21 heavy (non-hydrogen) atoms. The van der Waals surface area contributed by atoms with Crippen LogP contribution in [0.2, 0.25) is 0 Å². The van der Waals surface area contributed by atoms with Gasteiger partial charge in [-0.1, -0.05) is 0 Å². The fraction of sp³-hybridized carbons (Fsp3) is 0.0909. The van der Waals surface area contributed by atoms with Crippen molar-refractivity contribution >= 4 is 11.6 Å². The molecule has 2 N–H and O–H groups in total. The Morgan fingerprint density at radius 1 is 1.29 bits per heavy atom. The molecule has 0 aliphatic rings. The van der Waals surface area contributed by atoms with Gasteiger partial charge in [-0.25, -0.2) is 4.98 Å². The van der Waals surface area contributed by atoms with Crippen LogP contribution in [-0.2, 0) is 6.18 Å². The van der Waals surface area contributed by atoms with Gasteiger partial charge >= 0.3 is 11.9 Å². The average Bonchev–Trinajstić information content (AvgIpc) is 2.37. The minimum atomic E-state index is -4.69. The molecule has 1 aromatic carbocycles. The highest BCUT2D eigenvalue weighted by Crippen LogP contribution is 2.37. The van der Waals surface area contributed by atoms with E-state index in [4.69, 9.17) is 10.5 Å². The Bertz CT molecular complexity index is 691. The lowest BCUT2D eigenvalue weighted by atomic mass is 10.2. The molecule has 2 aromatic rings. The van der Waals surface area contributed by atoms with Gasteiger partial charge in [0.2, 0.25) is 17.6 Å². The van der Waals surface area contributed by atoms with Crippen LogP contribution < -0.4 is 10.5 Å². The lowest BCUT2D eigenvalue weighted by molar-refractivity contribution is -0.385. The summed E-state index contributed by atoms with van der Waals surface area (Å²) in [5, 5.41) is 10.9. The number of nitrogen functional groups attached to an aromatic ring is 1. The molecule has 0 spiro atoms. The van der Waals surface area contributed by atoms with E-state index < -0.39 is 22.4 Å². The number of hydrogen-bond acceptors (Lipinski definition) is 6. The molecule has 110 valence electrons. The van der Waals surface area contributed by atoms with E-state index in [9.17, 15) is 23.3 Å². The van der Waals surface area contributed by atoms with E-state index >= 15 is 0 Å². The van der Waals surface area contributed by atoms with Crippen molar-refractivity contribution in [3.8, 4) is 11.6 Å². The molecule has 0 saturated carbocycles. The number of nitrogens with zero attached hydrogens (tertiary/aromatic N) is 3. The van der Waals surface area contributed by atoms with Gasteiger partial charge in [-0.3, -0.25) is 10.1 Å². The standard InChI is InChI=1S/C11H7F3N4O3/c12-11(13,14)6-1-2-8(7(5-6)18(19)20)21-9-3-4-16-10(15)17-9/h1-5H,(H2,15,16,17). The predicted octanol–water partition coefficient (Wildman–Crippen LogP) is 2.78. The van der Waals surface area contributed by atoms with Gasteiger partial charge in [-0.2, -0.15) is 18.2 Å². The van der Waals surface area contributed by atoms with Gasteiger partial charge in [-0.15, -0.1) is 0 Å². The number of aromatic nitrogens is 2. The summed E-state index contributed by atoms with van der Waals surface area (Å²) in [5.74, 6) is -0.640. The average molecular weight is 300 g/mol. The summed E-state index contributed by atoms with van der Waals surface area (Å²) in [6.07, 6.45) is -3.45. The molecule has 0 aliphatic carbocycles. The summed E-state index contributed by atoms with van der Waals surface area (Å²) in [6.45, 7) is 0. The predicted molar refractivity (Wildman–Crippen MR) is 64.6 cm³/mol. The second-order valence-electron chi connectivity index (χ2n) is 3.79. The topological polar surface area (TPSA) is 104 Å². The Hall–Kier alpha value is -2.91. The molecular weight excluding hydrogens is 293 g/mol. The molecule has 0 atom stereocenters. The quantitative estimate of drug-likeness (QED) is 0.690. The van der Waals surface area contributed by atoms with E-state index in [1.54, 1.807) is 0 Å². The van der Waals surface area contributed by atoms with E-state index in [0.717, 1.165) is 6.07 Å². The van der Waals surface area contributed by atoms with Crippen molar-refractivity contribution in [3.05, 3.63) is 46.1 Å². The number of halogens is 3. The van der Waals surface area contributed by atoms with Crippen LogP contribution in [0.1, 0.15) is 5.56 Å². The Morgan fingerprint density at radius 3 is 2.57 bits per heavy atom. The lowest BCUT2D eigenvalue weighted by Crippen LogP contribution is -2.06. The molecule has 0 radical (unpaired) electrons. The Morgan fingerprint density at radius 2 is 2.00 bits per heavy atom. The molecular formula is C11H7F3N4O3. The molecule has 1 aromatic heterocycles. The summed E-state index contributed by atoms with van der Waals surface area (Å²) in [4.78, 5) is 17.1. The van der Waals surface area contributed by atoms with Gasteiger partial charge in [0.05, 0.1) is 10.5 Å². The fourth-order valence-corrected chi connectivity index (χ4v) is 1.45. The van der Waals surface area contributed by atoms with Gasteiger partial charge in [0.1, 0.15) is 0 Å². The molecule has 0 fully saturated rings. The highest BCUT2D eigenvalue weighted by molar-refractivity contribution is 5.50. The van der Waals surface area contributed by atoms with Crippen molar-refractivity contribution in [1.82, 2.24) is 9.97 Å². The van der Waals surface area contributed by atoms with Crippen LogP contribution >= 0.6 is 0 Å². The number of rotatable bonds is 3. The zero-order valence-corrected chi connectivity index (χ0v) is 10.2. The summed E-state index contributed by atoms with van der Waals surface area (Å²) in [7, 11) is 0. The van der Waals surface area contributed by atoms with Gasteiger partial charge in [0.25, 0.3) is 0 Å². The van der Waals surface area contributed by atoms with E-state index in [1.807, 2.05) is 0 Å². The molecule has 10 heteroatoms. The zero-order valence-electron chi connectivity index (χ0n) is 10.2. The number of nitro benzene ring substituents is 1. The number of ether oxygens (including phenoxy) is 1. The summed E-state index contributed by atoms with van der Waals surface area (Å²) >= 11 is 0. The third-order valence-electron chi connectivity index (χ3n) is 2.35. The van der Waals surface area contributed by atoms with Crippen LogP contribution in [0.4, 0.5) is 24.8 Å². The van der Waals surface area contributed by atoms with Crippen LogP contribution in [0.15, 0.2) is 30.5 Å². The van der Waals surface area contributed by atoms with Crippen LogP contribution in [0, 0.1) is 10.1 Å². The van der Waals surface area contributed by atoms with Crippen LogP contribution in [0.3, 0.4) is 0 Å². The molecule has 0 aliphatic heterocycles. The third kappa shape index (κ3) is 3.35. The zero-order chi connectivity index (χ0) is 15.6. The number of hydrogen-bond donors (Lipinski definition) is 1. The normalized spacial score (nSPS) is 11.2. The molecule has 2 rings (SSSR count). The summed E-state index contributed by atoms with van der Waals surface area (Å²) < 4.78 is 42.7. The van der Waals surface area contributed by atoms with Gasteiger partial charge < -0.3 is 10.5 Å². The summed E-state index contributed by atoms with van der Waals surface area (Å²) in [5.41, 5.74) is 3.33. The van der Waals surface area contributed by atoms with Crippen molar-refractivity contribution < 1.29 is 22.8 Å². The second kappa shape index (κ2) is 5.23. The number of anilines is 1. The van der Waals surface area contributed by atoms with Gasteiger partial charge in [0.15, 0.2) is 0 Å². The van der Waals surface area contributed by atoms with Crippen molar-refractivity contribution in [2.24, 2.45) is 0 Å². The molecule has 7 nitrogen and oxygen atoms in total. The first kappa shape index (κ1) is 14.5. The molecule has 0 bridgehead atoms. The number of alkyl halides is 3. The largest absolute Gasteiger partial charge is 0.432 e. The first-order valence-corrected chi connectivity index (χ1v) is 5.39. The Kier molecular flexibility index (Phi) is 3.61. The van der Waals surface area contributed by atoms with Gasteiger partial charge in [-0.05, 0) is 12.1 Å². The number of benzene rings is 1. The van der Waals surface area contributed by atoms with E-state index in [-0.39, 0.29) is 17.6 Å². The Balaban J connectivity index is 2.42. The minimum absolute atomic E-state index is 0.120. The maximum Gasteiger partial charge on any atom is 0.416 e. The Labute approximate surface area is 115 Å². The second-order valence-corrected chi connectivity index (χ2v) is 3.79. The van der Waals surface area contributed by atoms with Crippen molar-refractivity contribution in [2.45, 2.75) is 6.18 Å². The lowest BCUT2D eigenvalue weighted by Gasteiger charge is -2.09. The van der Waals surface area contributed by atoms with Crippen LogP contribution in [0.5, 0.6) is 11.6 Å². The van der Waals surface area contributed by atoms with Crippen LogP contribution in [-0.4, -0.2) is 14.9 Å². The van der Waals surface area contributed by atoms with Gasteiger partial charge in [0, 0.05) is 18.3 Å². The van der Waals surface area contributed by atoms with Crippen molar-refractivity contribution in [3.63, 3.8) is 0 Å². The smallest absolute Gasteiger partial charge is 0.416 e. The number of nitrogens with two attached hydrogens (primary N) is 1.